The van der Waals surface area contributed by atoms with Gasteiger partial charge in [0.15, 0.2) is 0 Å². The number of unbranched alkanes of at least 4 members (excludes halogenated alkanes) is 1. The average Bonchev–Trinajstić information content (AvgIpc) is 2.87. The first-order valence-corrected chi connectivity index (χ1v) is 12.3. The monoisotopic (exact) mass is 466 g/mol. The van der Waals surface area contributed by atoms with Gasteiger partial charge in [-0.1, -0.05) is 94.3 Å². The van der Waals surface area contributed by atoms with Crippen LogP contribution in [0.3, 0.4) is 0 Å². The van der Waals surface area contributed by atoms with Crippen molar-refractivity contribution in [2.24, 2.45) is 0 Å². The second-order valence-electron chi connectivity index (χ2n) is 9.85. The number of rotatable bonds is 8. The third kappa shape index (κ3) is 4.77. The zero-order valence-corrected chi connectivity index (χ0v) is 20.7. The molecule has 3 nitrogen and oxygen atoms in total. The highest BCUT2D eigenvalue weighted by molar-refractivity contribution is 5.53. The van der Waals surface area contributed by atoms with Gasteiger partial charge in [-0.2, -0.15) is 0 Å². The second-order valence-corrected chi connectivity index (χ2v) is 9.85. The predicted molar refractivity (Wildman–Crippen MR) is 142 cm³/mol. The quantitative estimate of drug-likeness (QED) is 0.234. The summed E-state index contributed by atoms with van der Waals surface area (Å²) in [6.07, 6.45) is 2.99. The lowest BCUT2D eigenvalue weighted by molar-refractivity contribution is 0.471. The van der Waals surface area contributed by atoms with E-state index in [2.05, 4.69) is 45.0 Å². The number of hydrogen-bond donors (Lipinski definition) is 3. The van der Waals surface area contributed by atoms with Gasteiger partial charge >= 0.3 is 0 Å². The normalized spacial score (nSPS) is 12.0. The molecular weight excluding hydrogens is 432 g/mol. The molecule has 4 aromatic rings. The van der Waals surface area contributed by atoms with Crippen LogP contribution in [0, 0.1) is 0 Å². The first-order chi connectivity index (χ1) is 16.8. The summed E-state index contributed by atoms with van der Waals surface area (Å²) >= 11 is 0. The molecule has 0 atom stereocenters. The maximum atomic E-state index is 9.98. The number of aromatic hydroxyl groups is 3. The van der Waals surface area contributed by atoms with Crippen LogP contribution in [0.15, 0.2) is 97.1 Å². The molecule has 35 heavy (non-hydrogen) atoms. The highest BCUT2D eigenvalue weighted by Gasteiger charge is 2.36. The smallest absolute Gasteiger partial charge is 0.115 e. The standard InChI is InChI=1S/C32H34O3/c1-4-5-22-32(26-12-18-29(34)19-13-26,27-14-20-30(35)21-15-27)25-8-6-23(7-9-25)31(2,3)24-10-16-28(33)17-11-24/h6-21,33-35H,4-5,22H2,1-3H3. The number of hydrogen-bond acceptors (Lipinski definition) is 3. The second kappa shape index (κ2) is 9.87. The lowest BCUT2D eigenvalue weighted by atomic mass is 9.66. The van der Waals surface area contributed by atoms with E-state index in [1.165, 1.54) is 11.1 Å². The van der Waals surface area contributed by atoms with Gasteiger partial charge in [-0.25, -0.2) is 0 Å². The molecule has 0 aliphatic rings. The van der Waals surface area contributed by atoms with E-state index in [0.717, 1.165) is 36.0 Å². The van der Waals surface area contributed by atoms with Crippen molar-refractivity contribution in [1.82, 2.24) is 0 Å². The van der Waals surface area contributed by atoms with Gasteiger partial charge < -0.3 is 15.3 Å². The van der Waals surface area contributed by atoms with Crippen molar-refractivity contribution in [2.45, 2.75) is 50.9 Å². The van der Waals surface area contributed by atoms with E-state index in [0.29, 0.717) is 0 Å². The highest BCUT2D eigenvalue weighted by atomic mass is 16.3. The molecular formula is C32H34O3. The zero-order valence-electron chi connectivity index (χ0n) is 20.7. The fourth-order valence-electron chi connectivity index (χ4n) is 5.08. The van der Waals surface area contributed by atoms with Crippen molar-refractivity contribution in [1.29, 1.82) is 0 Å². The Labute approximate surface area is 208 Å². The van der Waals surface area contributed by atoms with Crippen LogP contribution in [0.5, 0.6) is 17.2 Å². The Morgan fingerprint density at radius 1 is 0.486 bits per heavy atom. The molecule has 0 aromatic heterocycles. The fraction of sp³-hybridized carbons (Fsp3) is 0.250. The van der Waals surface area contributed by atoms with Gasteiger partial charge in [0, 0.05) is 10.8 Å². The molecule has 0 radical (unpaired) electrons. The van der Waals surface area contributed by atoms with Crippen molar-refractivity contribution < 1.29 is 15.3 Å². The molecule has 0 unspecified atom stereocenters. The van der Waals surface area contributed by atoms with Crippen LogP contribution in [-0.2, 0) is 10.8 Å². The number of benzene rings is 4. The molecule has 4 aromatic carbocycles. The van der Waals surface area contributed by atoms with E-state index in [4.69, 9.17) is 0 Å². The van der Waals surface area contributed by atoms with E-state index in [9.17, 15) is 15.3 Å². The first-order valence-electron chi connectivity index (χ1n) is 12.3. The summed E-state index contributed by atoms with van der Waals surface area (Å²) in [5, 5.41) is 29.7. The molecule has 0 saturated heterocycles. The fourth-order valence-corrected chi connectivity index (χ4v) is 5.08. The van der Waals surface area contributed by atoms with E-state index < -0.39 is 5.41 Å². The van der Waals surface area contributed by atoms with E-state index in [1.54, 1.807) is 36.4 Å². The van der Waals surface area contributed by atoms with Crippen LogP contribution < -0.4 is 0 Å². The summed E-state index contributed by atoms with van der Waals surface area (Å²) in [6.45, 7) is 6.58. The topological polar surface area (TPSA) is 60.7 Å². The van der Waals surface area contributed by atoms with Crippen LogP contribution in [0.2, 0.25) is 0 Å². The van der Waals surface area contributed by atoms with Gasteiger partial charge in [0.05, 0.1) is 0 Å². The van der Waals surface area contributed by atoms with Crippen molar-refractivity contribution in [3.63, 3.8) is 0 Å². The SMILES string of the molecule is CCCCC(c1ccc(O)cc1)(c1ccc(O)cc1)c1ccc(C(C)(C)c2ccc(O)cc2)cc1. The molecule has 0 amide bonds. The average molecular weight is 467 g/mol. The molecule has 180 valence electrons. The Kier molecular flexibility index (Phi) is 6.88. The lowest BCUT2D eigenvalue weighted by Gasteiger charge is -2.37. The van der Waals surface area contributed by atoms with Crippen molar-refractivity contribution in [3.8, 4) is 17.2 Å². The lowest BCUT2D eigenvalue weighted by Crippen LogP contribution is -2.30. The van der Waals surface area contributed by atoms with Crippen LogP contribution in [0.1, 0.15) is 67.9 Å². The minimum absolute atomic E-state index is 0.227. The van der Waals surface area contributed by atoms with Crippen LogP contribution in [0.25, 0.3) is 0 Å². The maximum absolute atomic E-state index is 9.98. The van der Waals surface area contributed by atoms with Gasteiger partial charge in [0.25, 0.3) is 0 Å². The summed E-state index contributed by atoms with van der Waals surface area (Å²) in [5.41, 5.74) is 5.08. The van der Waals surface area contributed by atoms with Gasteiger partial charge in [-0.3, -0.25) is 0 Å². The Morgan fingerprint density at radius 2 is 0.771 bits per heavy atom. The predicted octanol–water partition coefficient (Wildman–Crippen LogP) is 7.65. The van der Waals surface area contributed by atoms with E-state index in [1.807, 2.05) is 36.4 Å². The van der Waals surface area contributed by atoms with Crippen LogP contribution >= 0.6 is 0 Å². The van der Waals surface area contributed by atoms with Crippen LogP contribution in [-0.4, -0.2) is 15.3 Å². The maximum Gasteiger partial charge on any atom is 0.115 e. The molecule has 0 aliphatic carbocycles. The van der Waals surface area contributed by atoms with Gasteiger partial charge in [0.1, 0.15) is 17.2 Å². The molecule has 0 saturated carbocycles. The molecule has 0 aliphatic heterocycles. The van der Waals surface area contributed by atoms with E-state index in [-0.39, 0.29) is 22.7 Å². The third-order valence-electron chi connectivity index (χ3n) is 7.31. The van der Waals surface area contributed by atoms with Crippen molar-refractivity contribution >= 4 is 0 Å². The number of phenolic OH excluding ortho intramolecular Hbond substituents is 3. The van der Waals surface area contributed by atoms with E-state index >= 15 is 0 Å². The minimum atomic E-state index is -0.418. The Balaban J connectivity index is 1.86. The minimum Gasteiger partial charge on any atom is -0.508 e. The highest BCUT2D eigenvalue weighted by Crippen LogP contribution is 2.45. The number of phenols is 3. The molecule has 4 rings (SSSR count). The Morgan fingerprint density at radius 3 is 1.11 bits per heavy atom. The molecule has 0 bridgehead atoms. The summed E-state index contributed by atoms with van der Waals surface area (Å²) in [6, 6.07) is 31.3. The zero-order chi connectivity index (χ0) is 25.1. The van der Waals surface area contributed by atoms with Crippen molar-refractivity contribution in [3.05, 3.63) is 125 Å². The molecule has 3 heteroatoms. The molecule has 0 spiro atoms. The summed E-state index contributed by atoms with van der Waals surface area (Å²) in [5.74, 6) is 0.757. The Hall–Kier alpha value is -3.72. The van der Waals surface area contributed by atoms with Gasteiger partial charge in [-0.15, -0.1) is 0 Å². The molecule has 3 N–H and O–H groups in total. The summed E-state index contributed by atoms with van der Waals surface area (Å²) in [4.78, 5) is 0. The summed E-state index contributed by atoms with van der Waals surface area (Å²) < 4.78 is 0. The van der Waals surface area contributed by atoms with Gasteiger partial charge in [0.2, 0.25) is 0 Å². The molecule has 0 heterocycles. The third-order valence-corrected chi connectivity index (χ3v) is 7.31. The Bertz CT molecular complexity index is 1190. The van der Waals surface area contributed by atoms with Gasteiger partial charge in [-0.05, 0) is 70.6 Å². The first kappa shape index (κ1) is 24.4. The van der Waals surface area contributed by atoms with Crippen LogP contribution in [0.4, 0.5) is 0 Å². The molecule has 0 fully saturated rings. The summed E-state index contributed by atoms with van der Waals surface area (Å²) in [7, 11) is 0. The largest absolute Gasteiger partial charge is 0.508 e. The van der Waals surface area contributed by atoms with Crippen molar-refractivity contribution in [2.75, 3.05) is 0 Å².